The number of nitrogens with zero attached hydrogens (tertiary/aromatic N) is 1. The lowest BCUT2D eigenvalue weighted by Crippen LogP contribution is -2.43. The van der Waals surface area contributed by atoms with Crippen LogP contribution in [0.3, 0.4) is 0 Å². The van der Waals surface area contributed by atoms with E-state index in [0.29, 0.717) is 18.8 Å². The molecule has 114 valence electrons. The summed E-state index contributed by atoms with van der Waals surface area (Å²) in [5.41, 5.74) is 6.18. The Labute approximate surface area is 123 Å². The van der Waals surface area contributed by atoms with Gasteiger partial charge in [0.2, 0.25) is 11.8 Å². The van der Waals surface area contributed by atoms with Gasteiger partial charge in [-0.3, -0.25) is 9.59 Å². The molecule has 0 radical (unpaired) electrons. The summed E-state index contributed by atoms with van der Waals surface area (Å²) in [6, 6.07) is 5.85. The highest BCUT2D eigenvalue weighted by Crippen LogP contribution is 2.12. The molecule has 0 aromatic heterocycles. The van der Waals surface area contributed by atoms with E-state index in [4.69, 9.17) is 5.73 Å². The van der Waals surface area contributed by atoms with E-state index in [1.54, 1.807) is 11.0 Å². The maximum Gasteiger partial charge on any atom is 0.224 e. The van der Waals surface area contributed by atoms with Gasteiger partial charge < -0.3 is 16.0 Å². The Morgan fingerprint density at radius 2 is 2.00 bits per heavy atom. The minimum atomic E-state index is -0.409. The first-order valence-electron chi connectivity index (χ1n) is 7.13. The molecule has 1 aliphatic heterocycles. The smallest absolute Gasteiger partial charge is 0.224 e. The van der Waals surface area contributed by atoms with Gasteiger partial charge in [0.1, 0.15) is 5.82 Å². The second kappa shape index (κ2) is 7.17. The van der Waals surface area contributed by atoms with Gasteiger partial charge in [-0.25, -0.2) is 4.39 Å². The molecule has 3 N–H and O–H groups in total. The Morgan fingerprint density at radius 3 is 2.67 bits per heavy atom. The number of benzene rings is 1. The predicted molar refractivity (Wildman–Crippen MR) is 78.1 cm³/mol. The third-order valence-corrected chi connectivity index (χ3v) is 3.57. The molecule has 2 amide bonds. The first kappa shape index (κ1) is 15.4. The maximum absolute atomic E-state index is 13.0. The molecule has 5 nitrogen and oxygen atoms in total. The Bertz CT molecular complexity index is 513. The van der Waals surface area contributed by atoms with E-state index in [2.05, 4.69) is 5.32 Å². The van der Waals surface area contributed by atoms with Crippen molar-refractivity contribution in [3.05, 3.63) is 30.1 Å². The molecular formula is C15H20FN3O2. The van der Waals surface area contributed by atoms with Crippen molar-refractivity contribution in [1.29, 1.82) is 0 Å². The normalized spacial score (nSPS) is 15.8. The molecule has 0 saturated carbocycles. The van der Waals surface area contributed by atoms with Gasteiger partial charge in [0.15, 0.2) is 0 Å². The highest BCUT2D eigenvalue weighted by molar-refractivity contribution is 5.93. The second-order valence-corrected chi connectivity index (χ2v) is 5.28. The molecule has 1 aromatic rings. The lowest BCUT2D eigenvalue weighted by Gasteiger charge is -2.30. The summed E-state index contributed by atoms with van der Waals surface area (Å²) in [4.78, 5) is 25.4. The number of nitrogens with one attached hydrogen (secondary N) is 1. The summed E-state index contributed by atoms with van der Waals surface area (Å²) in [6.45, 7) is 1.32. The van der Waals surface area contributed by atoms with Gasteiger partial charge in [-0.05, 0) is 31.0 Å². The van der Waals surface area contributed by atoms with E-state index in [1.165, 1.54) is 18.2 Å². The fourth-order valence-electron chi connectivity index (χ4n) is 2.32. The van der Waals surface area contributed by atoms with Gasteiger partial charge in [-0.15, -0.1) is 0 Å². The molecule has 1 aliphatic rings. The Balaban J connectivity index is 1.75. The van der Waals surface area contributed by atoms with Crippen LogP contribution >= 0.6 is 0 Å². The van der Waals surface area contributed by atoms with Crippen molar-refractivity contribution < 1.29 is 14.0 Å². The lowest BCUT2D eigenvalue weighted by molar-refractivity contribution is -0.133. The number of hydrogen-bond acceptors (Lipinski definition) is 3. The Kier molecular flexibility index (Phi) is 5.27. The number of hydrogen-bond donors (Lipinski definition) is 2. The third-order valence-electron chi connectivity index (χ3n) is 3.57. The molecule has 21 heavy (non-hydrogen) atoms. The number of amides is 2. The van der Waals surface area contributed by atoms with Crippen LogP contribution < -0.4 is 11.1 Å². The molecule has 1 heterocycles. The molecule has 0 aliphatic carbocycles. The standard InChI is InChI=1S/C15H20FN3O2/c16-11-2-1-3-13(10-11)18-14(20)4-5-15(21)19-8-6-12(17)7-9-19/h1-3,10,12H,4-9,17H2,(H,18,20). The van der Waals surface area contributed by atoms with Crippen LogP contribution in [0.2, 0.25) is 0 Å². The molecule has 0 atom stereocenters. The number of likely N-dealkylation sites (tertiary alicyclic amines) is 1. The van der Waals surface area contributed by atoms with Crippen molar-refractivity contribution in [2.24, 2.45) is 5.73 Å². The average molecular weight is 293 g/mol. The Morgan fingerprint density at radius 1 is 1.29 bits per heavy atom. The maximum atomic E-state index is 13.0. The van der Waals surface area contributed by atoms with Gasteiger partial charge in [0.25, 0.3) is 0 Å². The van der Waals surface area contributed by atoms with Crippen LogP contribution in [0.25, 0.3) is 0 Å². The van der Waals surface area contributed by atoms with E-state index in [0.717, 1.165) is 12.8 Å². The molecule has 1 fully saturated rings. The van der Waals surface area contributed by atoms with E-state index in [-0.39, 0.29) is 30.7 Å². The van der Waals surface area contributed by atoms with Gasteiger partial charge >= 0.3 is 0 Å². The Hall–Kier alpha value is -1.95. The molecule has 0 spiro atoms. The largest absolute Gasteiger partial charge is 0.343 e. The summed E-state index contributed by atoms with van der Waals surface area (Å²) in [5, 5.41) is 2.58. The summed E-state index contributed by atoms with van der Waals surface area (Å²) in [5.74, 6) is -0.729. The molecule has 2 rings (SSSR count). The topological polar surface area (TPSA) is 75.4 Å². The van der Waals surface area contributed by atoms with Crippen molar-refractivity contribution in [3.63, 3.8) is 0 Å². The highest BCUT2D eigenvalue weighted by Gasteiger charge is 2.20. The zero-order chi connectivity index (χ0) is 15.2. The van der Waals surface area contributed by atoms with Crippen LogP contribution in [0.4, 0.5) is 10.1 Å². The number of carbonyl (C=O) groups excluding carboxylic acids is 2. The van der Waals surface area contributed by atoms with E-state index in [1.807, 2.05) is 0 Å². The van der Waals surface area contributed by atoms with Crippen LogP contribution in [0.1, 0.15) is 25.7 Å². The zero-order valence-electron chi connectivity index (χ0n) is 11.8. The summed E-state index contributed by atoms with van der Waals surface area (Å²) in [6.07, 6.45) is 1.87. The minimum Gasteiger partial charge on any atom is -0.343 e. The van der Waals surface area contributed by atoms with E-state index < -0.39 is 5.82 Å². The molecule has 1 saturated heterocycles. The number of rotatable bonds is 4. The number of anilines is 1. The van der Waals surface area contributed by atoms with Crippen LogP contribution in [0.15, 0.2) is 24.3 Å². The van der Waals surface area contributed by atoms with Crippen molar-refractivity contribution in [2.45, 2.75) is 31.7 Å². The second-order valence-electron chi connectivity index (χ2n) is 5.28. The minimum absolute atomic E-state index is 0.0312. The van der Waals surface area contributed by atoms with Gasteiger partial charge in [0.05, 0.1) is 0 Å². The molecule has 1 aromatic carbocycles. The van der Waals surface area contributed by atoms with Crippen molar-refractivity contribution in [2.75, 3.05) is 18.4 Å². The van der Waals surface area contributed by atoms with Gasteiger partial charge in [0, 0.05) is 37.7 Å². The molecule has 0 bridgehead atoms. The molecule has 0 unspecified atom stereocenters. The van der Waals surface area contributed by atoms with Crippen LogP contribution in [-0.4, -0.2) is 35.8 Å². The van der Waals surface area contributed by atoms with Crippen LogP contribution in [0.5, 0.6) is 0 Å². The third kappa shape index (κ3) is 4.82. The van der Waals surface area contributed by atoms with Crippen LogP contribution in [0, 0.1) is 5.82 Å². The fraction of sp³-hybridized carbons (Fsp3) is 0.467. The van der Waals surface area contributed by atoms with Crippen molar-refractivity contribution in [3.8, 4) is 0 Å². The fourth-order valence-corrected chi connectivity index (χ4v) is 2.32. The van der Waals surface area contributed by atoms with Crippen molar-refractivity contribution in [1.82, 2.24) is 4.90 Å². The quantitative estimate of drug-likeness (QED) is 0.883. The SMILES string of the molecule is NC1CCN(C(=O)CCC(=O)Nc2cccc(F)c2)CC1. The van der Waals surface area contributed by atoms with Gasteiger partial charge in [-0.2, -0.15) is 0 Å². The monoisotopic (exact) mass is 293 g/mol. The highest BCUT2D eigenvalue weighted by atomic mass is 19.1. The zero-order valence-corrected chi connectivity index (χ0v) is 11.8. The molecule has 6 heteroatoms. The molecular weight excluding hydrogens is 273 g/mol. The van der Waals surface area contributed by atoms with E-state index >= 15 is 0 Å². The van der Waals surface area contributed by atoms with E-state index in [9.17, 15) is 14.0 Å². The summed E-state index contributed by atoms with van der Waals surface area (Å²) >= 11 is 0. The lowest BCUT2D eigenvalue weighted by atomic mass is 10.1. The van der Waals surface area contributed by atoms with Crippen molar-refractivity contribution >= 4 is 17.5 Å². The first-order valence-corrected chi connectivity index (χ1v) is 7.13. The number of carbonyl (C=O) groups is 2. The number of halogens is 1. The number of piperidine rings is 1. The summed E-state index contributed by atoms with van der Waals surface area (Å²) < 4.78 is 13.0. The first-order chi connectivity index (χ1) is 10.0. The van der Waals surface area contributed by atoms with Crippen LogP contribution in [-0.2, 0) is 9.59 Å². The number of nitrogens with two attached hydrogens (primary N) is 1. The van der Waals surface area contributed by atoms with Gasteiger partial charge in [-0.1, -0.05) is 6.07 Å². The summed E-state index contributed by atoms with van der Waals surface area (Å²) in [7, 11) is 0. The average Bonchev–Trinajstić information content (AvgIpc) is 2.45. The predicted octanol–water partition coefficient (Wildman–Crippen LogP) is 1.49.